The first-order valence-corrected chi connectivity index (χ1v) is 7.59. The van der Waals surface area contributed by atoms with Crippen LogP contribution in [0.3, 0.4) is 0 Å². The third kappa shape index (κ3) is 4.89. The van der Waals surface area contributed by atoms with Crippen molar-refractivity contribution in [3.8, 4) is 0 Å². The van der Waals surface area contributed by atoms with Gasteiger partial charge in [0.15, 0.2) is 0 Å². The summed E-state index contributed by atoms with van der Waals surface area (Å²) in [6.07, 6.45) is 2.46. The van der Waals surface area contributed by atoms with Crippen LogP contribution in [-0.2, 0) is 6.42 Å². The van der Waals surface area contributed by atoms with Gasteiger partial charge in [-0.05, 0) is 37.8 Å². The van der Waals surface area contributed by atoms with Crippen molar-refractivity contribution in [2.24, 2.45) is 0 Å². The van der Waals surface area contributed by atoms with E-state index >= 15 is 0 Å². The molecule has 0 saturated carbocycles. The van der Waals surface area contributed by atoms with Crippen LogP contribution in [0, 0.1) is 0 Å². The molecule has 0 amide bonds. The second-order valence-electron chi connectivity index (χ2n) is 6.14. The molecule has 2 unspecified atom stereocenters. The molecule has 0 radical (unpaired) electrons. The average Bonchev–Trinajstić information content (AvgIpc) is 2.45. The topological polar surface area (TPSA) is 52.5 Å². The Kier molecular flexibility index (Phi) is 6.66. The van der Waals surface area contributed by atoms with Gasteiger partial charge in [-0.25, -0.2) is 0 Å². The molecule has 0 saturated heterocycles. The van der Waals surface area contributed by atoms with Gasteiger partial charge in [-0.3, -0.25) is 0 Å². The molecule has 0 bridgehead atoms. The van der Waals surface area contributed by atoms with Crippen LogP contribution < -0.4 is 5.32 Å². The molecule has 0 aliphatic heterocycles. The molecule has 114 valence electrons. The van der Waals surface area contributed by atoms with Crippen molar-refractivity contribution in [3.63, 3.8) is 0 Å². The number of hydrogen-bond acceptors (Lipinski definition) is 3. The molecular formula is C17H29NO2. The van der Waals surface area contributed by atoms with Crippen LogP contribution in [-0.4, -0.2) is 28.4 Å². The fraction of sp³-hybridized carbons (Fsp3) is 0.647. The van der Waals surface area contributed by atoms with Gasteiger partial charge in [-0.2, -0.15) is 0 Å². The zero-order valence-corrected chi connectivity index (χ0v) is 13.2. The molecule has 1 aromatic carbocycles. The van der Waals surface area contributed by atoms with Crippen LogP contribution in [0.2, 0.25) is 0 Å². The van der Waals surface area contributed by atoms with Gasteiger partial charge in [-0.15, -0.1) is 0 Å². The molecule has 20 heavy (non-hydrogen) atoms. The van der Waals surface area contributed by atoms with E-state index in [-0.39, 0.29) is 18.2 Å². The number of hydrogen-bond donors (Lipinski definition) is 3. The average molecular weight is 279 g/mol. The molecule has 0 aliphatic rings. The number of aliphatic hydroxyl groups is 2. The van der Waals surface area contributed by atoms with E-state index < -0.39 is 6.10 Å². The standard InChI is InChI=1S/C17H29NO2/c1-5-7-13-8-10-14(11-9-13)16(20)15(6-2)18-17(3,4)12-19/h8-11,15-16,18-20H,5-7,12H2,1-4H3. The third-order valence-corrected chi connectivity index (χ3v) is 3.65. The summed E-state index contributed by atoms with van der Waals surface area (Å²) in [7, 11) is 0. The predicted molar refractivity (Wildman–Crippen MR) is 83.8 cm³/mol. The predicted octanol–water partition coefficient (Wildman–Crippen LogP) is 2.81. The maximum atomic E-state index is 10.5. The minimum absolute atomic E-state index is 0.0473. The largest absolute Gasteiger partial charge is 0.394 e. The minimum atomic E-state index is -0.554. The fourth-order valence-corrected chi connectivity index (χ4v) is 2.35. The summed E-state index contributed by atoms with van der Waals surface area (Å²) >= 11 is 0. The van der Waals surface area contributed by atoms with E-state index in [0.29, 0.717) is 0 Å². The normalized spacial score (nSPS) is 15.1. The van der Waals surface area contributed by atoms with E-state index in [0.717, 1.165) is 24.8 Å². The Hall–Kier alpha value is -0.900. The Balaban J connectivity index is 2.77. The highest BCUT2D eigenvalue weighted by Crippen LogP contribution is 2.21. The lowest BCUT2D eigenvalue weighted by molar-refractivity contribution is 0.0899. The highest BCUT2D eigenvalue weighted by Gasteiger charge is 2.26. The Morgan fingerprint density at radius 1 is 1.15 bits per heavy atom. The maximum absolute atomic E-state index is 10.5. The number of aryl methyl sites for hydroxylation is 1. The second-order valence-corrected chi connectivity index (χ2v) is 6.14. The highest BCUT2D eigenvalue weighted by molar-refractivity contribution is 5.25. The van der Waals surface area contributed by atoms with E-state index in [1.165, 1.54) is 5.56 Å². The molecule has 0 fully saturated rings. The van der Waals surface area contributed by atoms with E-state index in [4.69, 9.17) is 0 Å². The van der Waals surface area contributed by atoms with Crippen molar-refractivity contribution in [2.45, 2.75) is 64.6 Å². The van der Waals surface area contributed by atoms with Crippen LogP contribution in [0.5, 0.6) is 0 Å². The number of rotatable bonds is 8. The molecule has 0 heterocycles. The van der Waals surface area contributed by atoms with Crippen molar-refractivity contribution < 1.29 is 10.2 Å². The van der Waals surface area contributed by atoms with Crippen molar-refractivity contribution >= 4 is 0 Å². The molecule has 0 aliphatic carbocycles. The lowest BCUT2D eigenvalue weighted by Crippen LogP contribution is -2.50. The number of benzene rings is 1. The molecule has 3 heteroatoms. The number of aliphatic hydroxyl groups excluding tert-OH is 2. The zero-order chi connectivity index (χ0) is 15.2. The smallest absolute Gasteiger partial charge is 0.0943 e. The van der Waals surface area contributed by atoms with Gasteiger partial charge in [0.2, 0.25) is 0 Å². The van der Waals surface area contributed by atoms with Crippen molar-refractivity contribution in [1.82, 2.24) is 5.32 Å². The first kappa shape index (κ1) is 17.2. The van der Waals surface area contributed by atoms with E-state index in [1.807, 2.05) is 32.9 Å². The summed E-state index contributed by atoms with van der Waals surface area (Å²) < 4.78 is 0. The summed E-state index contributed by atoms with van der Waals surface area (Å²) in [5.41, 5.74) is 1.85. The molecular weight excluding hydrogens is 250 g/mol. The molecule has 0 spiro atoms. The van der Waals surface area contributed by atoms with Gasteiger partial charge in [0.05, 0.1) is 12.7 Å². The minimum Gasteiger partial charge on any atom is -0.394 e. The van der Waals surface area contributed by atoms with Gasteiger partial charge >= 0.3 is 0 Å². The van der Waals surface area contributed by atoms with Gasteiger partial charge in [0.25, 0.3) is 0 Å². The van der Waals surface area contributed by atoms with Crippen LogP contribution in [0.15, 0.2) is 24.3 Å². The Morgan fingerprint density at radius 2 is 1.75 bits per heavy atom. The second kappa shape index (κ2) is 7.77. The highest BCUT2D eigenvalue weighted by atomic mass is 16.3. The molecule has 1 aromatic rings. The lowest BCUT2D eigenvalue weighted by atomic mass is 9.95. The molecule has 2 atom stereocenters. The Bertz CT molecular complexity index is 386. The summed E-state index contributed by atoms with van der Waals surface area (Å²) in [6, 6.07) is 8.13. The number of nitrogens with one attached hydrogen (secondary N) is 1. The molecule has 3 nitrogen and oxygen atoms in total. The Labute approximate surface area is 123 Å². The summed E-state index contributed by atoms with van der Waals surface area (Å²) in [6.45, 7) is 8.13. The van der Waals surface area contributed by atoms with E-state index in [2.05, 4.69) is 24.4 Å². The Morgan fingerprint density at radius 3 is 2.20 bits per heavy atom. The fourth-order valence-electron chi connectivity index (χ4n) is 2.35. The summed E-state index contributed by atoms with van der Waals surface area (Å²) in [5.74, 6) is 0. The first-order valence-electron chi connectivity index (χ1n) is 7.59. The van der Waals surface area contributed by atoms with Crippen LogP contribution >= 0.6 is 0 Å². The van der Waals surface area contributed by atoms with Crippen molar-refractivity contribution in [2.75, 3.05) is 6.61 Å². The summed E-state index contributed by atoms with van der Waals surface area (Å²) in [4.78, 5) is 0. The van der Waals surface area contributed by atoms with Crippen molar-refractivity contribution in [3.05, 3.63) is 35.4 Å². The van der Waals surface area contributed by atoms with E-state index in [1.54, 1.807) is 0 Å². The van der Waals surface area contributed by atoms with Gasteiger partial charge in [0, 0.05) is 11.6 Å². The quantitative estimate of drug-likeness (QED) is 0.686. The van der Waals surface area contributed by atoms with Crippen LogP contribution in [0.25, 0.3) is 0 Å². The van der Waals surface area contributed by atoms with Crippen molar-refractivity contribution in [1.29, 1.82) is 0 Å². The maximum Gasteiger partial charge on any atom is 0.0943 e. The van der Waals surface area contributed by atoms with E-state index in [9.17, 15) is 10.2 Å². The van der Waals surface area contributed by atoms with Gasteiger partial charge in [-0.1, -0.05) is 44.5 Å². The van der Waals surface area contributed by atoms with Gasteiger partial charge < -0.3 is 15.5 Å². The summed E-state index contributed by atoms with van der Waals surface area (Å²) in [5, 5.41) is 23.2. The monoisotopic (exact) mass is 279 g/mol. The molecule has 1 rings (SSSR count). The third-order valence-electron chi connectivity index (χ3n) is 3.65. The zero-order valence-electron chi connectivity index (χ0n) is 13.2. The molecule has 0 aromatic heterocycles. The lowest BCUT2D eigenvalue weighted by Gasteiger charge is -2.32. The van der Waals surface area contributed by atoms with Gasteiger partial charge in [0.1, 0.15) is 0 Å². The SMILES string of the molecule is CCCc1ccc(C(O)C(CC)NC(C)(C)CO)cc1. The van der Waals surface area contributed by atoms with Crippen LogP contribution in [0.4, 0.5) is 0 Å². The first-order chi connectivity index (χ1) is 9.43. The van der Waals surface area contributed by atoms with Crippen LogP contribution in [0.1, 0.15) is 57.8 Å². The molecule has 3 N–H and O–H groups in total.